The molecular formula is C18H19FN2S. The zero-order valence-electron chi connectivity index (χ0n) is 12.6. The van der Waals surface area contributed by atoms with Crippen LogP contribution in [0.25, 0.3) is 0 Å². The zero-order valence-corrected chi connectivity index (χ0v) is 13.4. The SMILES string of the molecule is C=C1NCCN1c1ccc(SCc2cc(C)cc(F)c2)cc1. The minimum atomic E-state index is -0.161. The standard InChI is InChI=1S/C18H19FN2S/c1-13-9-15(11-16(19)10-13)12-22-18-5-3-17(4-6-18)21-8-7-20-14(21)2/h3-6,9-11,20H,2,7-8,12H2,1H3. The van der Waals surface area contributed by atoms with Gasteiger partial charge >= 0.3 is 0 Å². The summed E-state index contributed by atoms with van der Waals surface area (Å²) in [5.74, 6) is 1.57. The molecule has 1 heterocycles. The van der Waals surface area contributed by atoms with E-state index in [9.17, 15) is 4.39 Å². The molecule has 4 heteroatoms. The van der Waals surface area contributed by atoms with E-state index in [2.05, 4.69) is 41.1 Å². The zero-order chi connectivity index (χ0) is 15.5. The number of hydrogen-bond acceptors (Lipinski definition) is 3. The number of nitrogens with zero attached hydrogens (tertiary/aromatic N) is 1. The highest BCUT2D eigenvalue weighted by atomic mass is 32.2. The minimum Gasteiger partial charge on any atom is -0.370 e. The number of hydrogen-bond donors (Lipinski definition) is 1. The van der Waals surface area contributed by atoms with Crippen LogP contribution in [0.2, 0.25) is 0 Å². The number of nitrogens with one attached hydrogen (secondary N) is 1. The first-order chi connectivity index (χ1) is 10.6. The van der Waals surface area contributed by atoms with E-state index in [1.165, 1.54) is 4.90 Å². The molecule has 0 saturated carbocycles. The monoisotopic (exact) mass is 314 g/mol. The second-order valence-corrected chi connectivity index (χ2v) is 6.49. The van der Waals surface area contributed by atoms with E-state index in [1.54, 1.807) is 23.9 Å². The van der Waals surface area contributed by atoms with Crippen LogP contribution in [-0.2, 0) is 5.75 Å². The summed E-state index contributed by atoms with van der Waals surface area (Å²) in [6, 6.07) is 13.6. The fraction of sp³-hybridized carbons (Fsp3) is 0.222. The average Bonchev–Trinajstić information content (AvgIpc) is 2.91. The van der Waals surface area contributed by atoms with Gasteiger partial charge in [-0.05, 0) is 54.4 Å². The molecule has 0 bridgehead atoms. The molecule has 114 valence electrons. The van der Waals surface area contributed by atoms with Crippen LogP contribution in [0, 0.1) is 12.7 Å². The van der Waals surface area contributed by atoms with Gasteiger partial charge in [0, 0.05) is 29.4 Å². The van der Waals surface area contributed by atoms with E-state index < -0.39 is 0 Å². The molecule has 1 aliphatic heterocycles. The van der Waals surface area contributed by atoms with Gasteiger partial charge in [-0.15, -0.1) is 11.8 Å². The van der Waals surface area contributed by atoms with Crippen molar-refractivity contribution in [2.45, 2.75) is 17.6 Å². The Hall–Kier alpha value is -1.94. The van der Waals surface area contributed by atoms with Gasteiger partial charge in [0.05, 0.1) is 5.82 Å². The molecule has 0 amide bonds. The summed E-state index contributed by atoms with van der Waals surface area (Å²) in [6.07, 6.45) is 0. The normalized spacial score (nSPS) is 14.3. The molecule has 22 heavy (non-hydrogen) atoms. The lowest BCUT2D eigenvalue weighted by Crippen LogP contribution is -2.17. The van der Waals surface area contributed by atoms with Crippen LogP contribution in [-0.4, -0.2) is 13.1 Å². The number of halogens is 1. The van der Waals surface area contributed by atoms with Crippen LogP contribution >= 0.6 is 11.8 Å². The van der Waals surface area contributed by atoms with E-state index in [0.717, 1.165) is 41.5 Å². The first kappa shape index (κ1) is 15.0. The number of benzene rings is 2. The van der Waals surface area contributed by atoms with Crippen LogP contribution in [0.1, 0.15) is 11.1 Å². The number of thioether (sulfide) groups is 1. The Kier molecular flexibility index (Phi) is 4.39. The van der Waals surface area contributed by atoms with Crippen molar-refractivity contribution < 1.29 is 4.39 Å². The molecule has 3 rings (SSSR count). The highest BCUT2D eigenvalue weighted by Crippen LogP contribution is 2.27. The van der Waals surface area contributed by atoms with Crippen LogP contribution in [0.4, 0.5) is 10.1 Å². The first-order valence-corrected chi connectivity index (χ1v) is 8.29. The highest BCUT2D eigenvalue weighted by Gasteiger charge is 2.15. The number of aryl methyl sites for hydroxylation is 1. The summed E-state index contributed by atoms with van der Waals surface area (Å²) in [5.41, 5.74) is 3.13. The van der Waals surface area contributed by atoms with Gasteiger partial charge in [0.15, 0.2) is 0 Å². The molecule has 1 aliphatic rings. The molecule has 1 fully saturated rings. The Morgan fingerprint density at radius 3 is 2.64 bits per heavy atom. The van der Waals surface area contributed by atoms with Gasteiger partial charge in [-0.25, -0.2) is 4.39 Å². The van der Waals surface area contributed by atoms with E-state index in [0.29, 0.717) is 0 Å². The van der Waals surface area contributed by atoms with Crippen LogP contribution < -0.4 is 10.2 Å². The molecule has 2 aromatic carbocycles. The maximum absolute atomic E-state index is 13.4. The molecule has 0 spiro atoms. The molecule has 2 nitrogen and oxygen atoms in total. The minimum absolute atomic E-state index is 0.161. The lowest BCUT2D eigenvalue weighted by Gasteiger charge is -2.18. The average molecular weight is 314 g/mol. The van der Waals surface area contributed by atoms with Gasteiger partial charge in [0.2, 0.25) is 0 Å². The Morgan fingerprint density at radius 1 is 1.23 bits per heavy atom. The van der Waals surface area contributed by atoms with E-state index >= 15 is 0 Å². The lowest BCUT2D eigenvalue weighted by atomic mass is 10.1. The summed E-state index contributed by atoms with van der Waals surface area (Å²) in [6.45, 7) is 7.81. The van der Waals surface area contributed by atoms with Gasteiger partial charge < -0.3 is 10.2 Å². The highest BCUT2D eigenvalue weighted by molar-refractivity contribution is 7.98. The van der Waals surface area contributed by atoms with Gasteiger partial charge in [0.1, 0.15) is 5.82 Å². The Labute approximate surface area is 135 Å². The van der Waals surface area contributed by atoms with E-state index in [1.807, 2.05) is 13.0 Å². The summed E-state index contributed by atoms with van der Waals surface area (Å²) >= 11 is 1.72. The second-order valence-electron chi connectivity index (χ2n) is 5.44. The molecule has 1 N–H and O–H groups in total. The van der Waals surface area contributed by atoms with Crippen molar-refractivity contribution in [1.82, 2.24) is 5.32 Å². The molecule has 0 atom stereocenters. The quantitative estimate of drug-likeness (QED) is 0.847. The summed E-state index contributed by atoms with van der Waals surface area (Å²) in [7, 11) is 0. The fourth-order valence-corrected chi connectivity index (χ4v) is 3.44. The predicted octanol–water partition coefficient (Wildman–Crippen LogP) is 4.31. The summed E-state index contributed by atoms with van der Waals surface area (Å²) in [4.78, 5) is 3.35. The Balaban J connectivity index is 1.65. The Bertz CT molecular complexity index is 662. The molecule has 0 aromatic heterocycles. The van der Waals surface area contributed by atoms with Crippen molar-refractivity contribution in [1.29, 1.82) is 0 Å². The first-order valence-electron chi connectivity index (χ1n) is 7.31. The third-order valence-electron chi connectivity index (χ3n) is 3.65. The maximum Gasteiger partial charge on any atom is 0.123 e. The van der Waals surface area contributed by atoms with Crippen molar-refractivity contribution in [2.24, 2.45) is 0 Å². The van der Waals surface area contributed by atoms with E-state index in [4.69, 9.17) is 0 Å². The third kappa shape index (κ3) is 3.45. The van der Waals surface area contributed by atoms with Crippen LogP contribution in [0.15, 0.2) is 59.8 Å². The molecule has 1 saturated heterocycles. The van der Waals surface area contributed by atoms with Gasteiger partial charge in [0.25, 0.3) is 0 Å². The van der Waals surface area contributed by atoms with Crippen LogP contribution in [0.5, 0.6) is 0 Å². The third-order valence-corrected chi connectivity index (χ3v) is 4.73. The van der Waals surface area contributed by atoms with Crippen molar-refractivity contribution in [3.05, 3.63) is 71.8 Å². The second kappa shape index (κ2) is 6.44. The van der Waals surface area contributed by atoms with Crippen molar-refractivity contribution in [3.8, 4) is 0 Å². The van der Waals surface area contributed by atoms with Crippen molar-refractivity contribution >= 4 is 17.4 Å². The smallest absolute Gasteiger partial charge is 0.123 e. The fourth-order valence-electron chi connectivity index (χ4n) is 2.61. The van der Waals surface area contributed by atoms with Gasteiger partial charge in [-0.3, -0.25) is 0 Å². The van der Waals surface area contributed by atoms with Gasteiger partial charge in [-0.2, -0.15) is 0 Å². The molecular weight excluding hydrogens is 295 g/mol. The Morgan fingerprint density at radius 2 is 2.00 bits per heavy atom. The number of anilines is 1. The largest absolute Gasteiger partial charge is 0.370 e. The summed E-state index contributed by atoms with van der Waals surface area (Å²) < 4.78 is 13.4. The van der Waals surface area contributed by atoms with Crippen molar-refractivity contribution in [2.75, 3.05) is 18.0 Å². The predicted molar refractivity (Wildman–Crippen MR) is 91.6 cm³/mol. The molecule has 0 radical (unpaired) electrons. The number of rotatable bonds is 4. The maximum atomic E-state index is 13.4. The van der Waals surface area contributed by atoms with Crippen molar-refractivity contribution in [3.63, 3.8) is 0 Å². The summed E-state index contributed by atoms with van der Waals surface area (Å²) in [5, 5.41) is 3.23. The lowest BCUT2D eigenvalue weighted by molar-refractivity contribution is 0.625. The van der Waals surface area contributed by atoms with Gasteiger partial charge in [-0.1, -0.05) is 12.6 Å². The topological polar surface area (TPSA) is 15.3 Å². The van der Waals surface area contributed by atoms with Crippen LogP contribution in [0.3, 0.4) is 0 Å². The molecule has 0 aliphatic carbocycles. The molecule has 0 unspecified atom stereocenters. The molecule has 2 aromatic rings. The van der Waals surface area contributed by atoms with E-state index in [-0.39, 0.29) is 5.82 Å².